The van der Waals surface area contributed by atoms with Gasteiger partial charge in [0, 0.05) is 18.8 Å². The minimum atomic E-state index is 0.793. The minimum Gasteiger partial charge on any atom is -0.344 e. The predicted molar refractivity (Wildman–Crippen MR) is 111 cm³/mol. The Labute approximate surface area is 160 Å². The summed E-state index contributed by atoms with van der Waals surface area (Å²) in [6, 6.07) is 8.13. The number of aromatic amines is 2. The fourth-order valence-corrected chi connectivity index (χ4v) is 3.03. The molecule has 0 aliphatic rings. The minimum absolute atomic E-state index is 0.793. The number of hydrogen-bond acceptors (Lipinski definition) is 4. The Morgan fingerprint density at radius 3 is 2.33 bits per heavy atom. The van der Waals surface area contributed by atoms with Crippen molar-refractivity contribution < 1.29 is 0 Å². The van der Waals surface area contributed by atoms with E-state index in [-0.39, 0.29) is 0 Å². The molecule has 2 N–H and O–H groups in total. The van der Waals surface area contributed by atoms with Gasteiger partial charge in [0.25, 0.3) is 0 Å². The number of fused-ring (bicyclic) bond motifs is 1. The maximum Gasteiger partial charge on any atom is 0.121 e. The van der Waals surface area contributed by atoms with Crippen molar-refractivity contribution in [3.8, 4) is 0 Å². The molecule has 0 atom stereocenters. The van der Waals surface area contributed by atoms with E-state index in [0.29, 0.717) is 0 Å². The van der Waals surface area contributed by atoms with Crippen molar-refractivity contribution in [2.75, 3.05) is 27.2 Å². The Bertz CT molecular complexity index is 887. The molecule has 6 nitrogen and oxygen atoms in total. The lowest BCUT2D eigenvalue weighted by molar-refractivity contribution is 0.241. The van der Waals surface area contributed by atoms with Crippen molar-refractivity contribution in [2.45, 2.75) is 20.0 Å². The summed E-state index contributed by atoms with van der Waals surface area (Å²) >= 11 is 0. The van der Waals surface area contributed by atoms with Gasteiger partial charge < -0.3 is 9.97 Å². The standard InChI is InChI=1S/C21H28N6/c1-5-6-9-17-16(2)22-20(23-17)14-26(3)12-13-27(4)15-21-24-18-10-7-8-11-19(18)25-21/h5-11H,1,12-15H2,2-4H3,(H,22,23)(H,24,25)/b9-6-. The van der Waals surface area contributed by atoms with Gasteiger partial charge in [0.05, 0.1) is 29.8 Å². The third kappa shape index (κ3) is 5.15. The van der Waals surface area contributed by atoms with Gasteiger partial charge in [-0.1, -0.05) is 30.9 Å². The van der Waals surface area contributed by atoms with Crippen molar-refractivity contribution in [3.63, 3.8) is 0 Å². The van der Waals surface area contributed by atoms with Crippen molar-refractivity contribution in [1.82, 2.24) is 29.7 Å². The quantitative estimate of drug-likeness (QED) is 0.572. The molecule has 0 unspecified atom stereocenters. The smallest absolute Gasteiger partial charge is 0.121 e. The highest BCUT2D eigenvalue weighted by Crippen LogP contribution is 2.12. The van der Waals surface area contributed by atoms with Crippen LogP contribution in [0.15, 0.2) is 43.0 Å². The molecule has 27 heavy (non-hydrogen) atoms. The number of imidazole rings is 2. The van der Waals surface area contributed by atoms with Crippen LogP contribution in [-0.4, -0.2) is 56.9 Å². The first-order chi connectivity index (χ1) is 13.0. The highest BCUT2D eigenvalue weighted by Gasteiger charge is 2.09. The van der Waals surface area contributed by atoms with Gasteiger partial charge in [0.2, 0.25) is 0 Å². The maximum absolute atomic E-state index is 4.65. The number of rotatable bonds is 9. The molecule has 0 fully saturated rings. The zero-order chi connectivity index (χ0) is 19.2. The number of benzene rings is 1. The molecule has 0 amide bonds. The summed E-state index contributed by atoms with van der Waals surface area (Å²) in [5.74, 6) is 1.99. The van der Waals surface area contributed by atoms with Crippen molar-refractivity contribution in [2.24, 2.45) is 0 Å². The molecule has 1 aromatic carbocycles. The first-order valence-electron chi connectivity index (χ1n) is 9.20. The van der Waals surface area contributed by atoms with E-state index in [1.165, 1.54) is 0 Å². The number of aromatic nitrogens is 4. The van der Waals surface area contributed by atoms with Crippen LogP contribution in [0.2, 0.25) is 0 Å². The van der Waals surface area contributed by atoms with Gasteiger partial charge in [-0.3, -0.25) is 9.80 Å². The molecule has 3 rings (SSSR count). The van der Waals surface area contributed by atoms with E-state index in [4.69, 9.17) is 0 Å². The number of likely N-dealkylation sites (N-methyl/N-ethyl adjacent to an activating group) is 2. The topological polar surface area (TPSA) is 63.8 Å². The van der Waals surface area contributed by atoms with Gasteiger partial charge in [-0.2, -0.15) is 0 Å². The summed E-state index contributed by atoms with van der Waals surface area (Å²) in [5.41, 5.74) is 4.17. The molecular weight excluding hydrogens is 336 g/mol. The van der Waals surface area contributed by atoms with Crippen LogP contribution in [0.3, 0.4) is 0 Å². The second kappa shape index (κ2) is 8.79. The number of H-pyrrole nitrogens is 2. The lowest BCUT2D eigenvalue weighted by Gasteiger charge is -2.20. The van der Waals surface area contributed by atoms with Crippen LogP contribution in [0, 0.1) is 6.92 Å². The van der Waals surface area contributed by atoms with Crippen molar-refractivity contribution >= 4 is 17.1 Å². The largest absolute Gasteiger partial charge is 0.344 e. The fraction of sp³-hybridized carbons (Fsp3) is 0.333. The summed E-state index contributed by atoms with van der Waals surface area (Å²) in [5, 5.41) is 0. The SMILES string of the molecule is C=C/C=C\c1nc(CN(C)CCN(C)Cc2nc3ccccc3[nH]2)[nH]c1C. The number of aryl methyl sites for hydroxylation is 1. The molecule has 6 heteroatoms. The van der Waals surface area contributed by atoms with Gasteiger partial charge in [-0.15, -0.1) is 0 Å². The van der Waals surface area contributed by atoms with E-state index in [1.54, 1.807) is 6.08 Å². The molecule has 3 aromatic rings. The van der Waals surface area contributed by atoms with Gasteiger partial charge in [0.1, 0.15) is 11.6 Å². The monoisotopic (exact) mass is 364 g/mol. The number of para-hydroxylation sites is 2. The zero-order valence-electron chi connectivity index (χ0n) is 16.4. The van der Waals surface area contributed by atoms with Crippen LogP contribution in [0.4, 0.5) is 0 Å². The zero-order valence-corrected chi connectivity index (χ0v) is 16.4. The second-order valence-corrected chi connectivity index (χ2v) is 6.96. The number of allylic oxidation sites excluding steroid dienone is 2. The second-order valence-electron chi connectivity index (χ2n) is 6.96. The van der Waals surface area contributed by atoms with E-state index in [2.05, 4.69) is 56.5 Å². The summed E-state index contributed by atoms with van der Waals surface area (Å²) in [4.78, 5) is 20.6. The van der Waals surface area contributed by atoms with Gasteiger partial charge in [-0.25, -0.2) is 9.97 Å². The molecule has 0 bridgehead atoms. The summed E-state index contributed by atoms with van der Waals surface area (Å²) < 4.78 is 0. The molecule has 0 aliphatic heterocycles. The Hall–Kier alpha value is -2.70. The third-order valence-corrected chi connectivity index (χ3v) is 4.50. The molecule has 0 spiro atoms. The molecule has 0 saturated carbocycles. The Morgan fingerprint density at radius 2 is 1.67 bits per heavy atom. The van der Waals surface area contributed by atoms with Gasteiger partial charge >= 0.3 is 0 Å². The number of nitrogens with zero attached hydrogens (tertiary/aromatic N) is 4. The lowest BCUT2D eigenvalue weighted by Crippen LogP contribution is -2.30. The highest BCUT2D eigenvalue weighted by atomic mass is 15.2. The van der Waals surface area contributed by atoms with E-state index >= 15 is 0 Å². The highest BCUT2D eigenvalue weighted by molar-refractivity contribution is 5.74. The first kappa shape index (κ1) is 19.1. The maximum atomic E-state index is 4.65. The average molecular weight is 364 g/mol. The first-order valence-corrected chi connectivity index (χ1v) is 9.20. The molecule has 2 heterocycles. The van der Waals surface area contributed by atoms with Crippen LogP contribution in [0.1, 0.15) is 23.0 Å². The molecule has 0 aliphatic carbocycles. The summed E-state index contributed by atoms with van der Waals surface area (Å²) in [7, 11) is 4.24. The predicted octanol–water partition coefficient (Wildman–Crippen LogP) is 3.36. The van der Waals surface area contributed by atoms with Crippen molar-refractivity contribution in [3.05, 3.63) is 66.0 Å². The molecular formula is C21H28N6. The molecule has 0 radical (unpaired) electrons. The van der Waals surface area contributed by atoms with E-state index in [9.17, 15) is 0 Å². The van der Waals surface area contributed by atoms with Crippen LogP contribution in [0.5, 0.6) is 0 Å². The van der Waals surface area contributed by atoms with Crippen molar-refractivity contribution in [1.29, 1.82) is 0 Å². The van der Waals surface area contributed by atoms with Gasteiger partial charge in [-0.05, 0) is 39.2 Å². The summed E-state index contributed by atoms with van der Waals surface area (Å²) in [6.45, 7) is 9.25. The van der Waals surface area contributed by atoms with E-state index in [0.717, 1.165) is 60.2 Å². The Morgan fingerprint density at radius 1 is 1.00 bits per heavy atom. The number of nitrogens with one attached hydrogen (secondary N) is 2. The van der Waals surface area contributed by atoms with E-state index < -0.39 is 0 Å². The normalized spacial score (nSPS) is 12.0. The fourth-order valence-electron chi connectivity index (χ4n) is 3.03. The Balaban J connectivity index is 1.48. The lowest BCUT2D eigenvalue weighted by atomic mass is 10.3. The van der Waals surface area contributed by atoms with Crippen LogP contribution < -0.4 is 0 Å². The number of hydrogen-bond donors (Lipinski definition) is 2. The molecule has 142 valence electrons. The summed E-state index contributed by atoms with van der Waals surface area (Å²) in [6.07, 6.45) is 5.64. The Kier molecular flexibility index (Phi) is 6.21. The molecule has 2 aromatic heterocycles. The third-order valence-electron chi connectivity index (χ3n) is 4.50. The van der Waals surface area contributed by atoms with Gasteiger partial charge in [0.15, 0.2) is 0 Å². The molecule has 0 saturated heterocycles. The van der Waals surface area contributed by atoms with Crippen LogP contribution in [0.25, 0.3) is 17.1 Å². The van der Waals surface area contributed by atoms with E-state index in [1.807, 2.05) is 37.3 Å². The van der Waals surface area contributed by atoms with Crippen LogP contribution in [-0.2, 0) is 13.1 Å². The van der Waals surface area contributed by atoms with Crippen LogP contribution >= 0.6 is 0 Å². The average Bonchev–Trinajstić information content (AvgIpc) is 3.20.